The molecule has 0 spiro atoms. The van der Waals surface area contributed by atoms with Crippen molar-refractivity contribution >= 4 is 0 Å². The van der Waals surface area contributed by atoms with E-state index in [1.807, 2.05) is 18.2 Å². The number of benzene rings is 1. The molecule has 1 aliphatic heterocycles. The molecular formula is C22H27NO. The first-order valence-electron chi connectivity index (χ1n) is 8.96. The lowest BCUT2D eigenvalue weighted by atomic mass is 9.66. The zero-order valence-electron chi connectivity index (χ0n) is 15.2. The Hall–Kier alpha value is -2.01. The molecule has 0 saturated carbocycles. The lowest BCUT2D eigenvalue weighted by Crippen LogP contribution is -2.47. The molecule has 0 N–H and O–H groups in total. The maximum atomic E-state index is 9.25. The topological polar surface area (TPSA) is 33.0 Å². The minimum Gasteiger partial charge on any atom is -0.487 e. The summed E-state index contributed by atoms with van der Waals surface area (Å²) < 4.78 is 6.54. The molecule has 3 unspecified atom stereocenters. The fourth-order valence-electron chi connectivity index (χ4n) is 4.24. The van der Waals surface area contributed by atoms with E-state index in [1.165, 1.54) is 16.7 Å². The zero-order valence-corrected chi connectivity index (χ0v) is 15.2. The van der Waals surface area contributed by atoms with Crippen molar-refractivity contribution in [1.29, 1.82) is 5.26 Å². The van der Waals surface area contributed by atoms with Gasteiger partial charge in [0, 0.05) is 17.4 Å². The highest BCUT2D eigenvalue weighted by atomic mass is 16.5. The van der Waals surface area contributed by atoms with Crippen LogP contribution in [0.15, 0.2) is 41.5 Å². The van der Waals surface area contributed by atoms with Crippen LogP contribution in [0.2, 0.25) is 0 Å². The third-order valence-electron chi connectivity index (χ3n) is 5.57. The van der Waals surface area contributed by atoms with Crippen molar-refractivity contribution in [2.75, 3.05) is 0 Å². The van der Waals surface area contributed by atoms with E-state index in [0.29, 0.717) is 11.8 Å². The number of fused-ring (bicyclic) bond motifs is 3. The molecule has 0 aromatic heterocycles. The minimum absolute atomic E-state index is 0.144. The Kier molecular flexibility index (Phi) is 4.54. The smallest absolute Gasteiger partial charge is 0.124 e. The van der Waals surface area contributed by atoms with E-state index in [9.17, 15) is 5.26 Å². The van der Waals surface area contributed by atoms with Gasteiger partial charge in [0.05, 0.1) is 11.6 Å². The number of rotatable bonds is 3. The molecule has 2 heteroatoms. The first-order chi connectivity index (χ1) is 11.4. The Morgan fingerprint density at radius 2 is 2.21 bits per heavy atom. The number of nitriles is 1. The van der Waals surface area contributed by atoms with Crippen molar-refractivity contribution in [1.82, 2.24) is 0 Å². The predicted octanol–water partition coefficient (Wildman–Crippen LogP) is 5.90. The van der Waals surface area contributed by atoms with Crippen molar-refractivity contribution in [3.8, 4) is 11.8 Å². The third kappa shape index (κ3) is 3.13. The first-order valence-corrected chi connectivity index (χ1v) is 8.96. The van der Waals surface area contributed by atoms with Crippen LogP contribution in [0.5, 0.6) is 5.75 Å². The summed E-state index contributed by atoms with van der Waals surface area (Å²) in [5.41, 5.74) is 4.59. The summed E-state index contributed by atoms with van der Waals surface area (Å²) in [6.07, 6.45) is 9.12. The molecule has 2 nitrogen and oxygen atoms in total. The van der Waals surface area contributed by atoms with E-state index in [4.69, 9.17) is 4.74 Å². The van der Waals surface area contributed by atoms with Crippen molar-refractivity contribution in [3.63, 3.8) is 0 Å². The van der Waals surface area contributed by atoms with Crippen molar-refractivity contribution in [2.24, 2.45) is 5.92 Å². The molecule has 0 amide bonds. The van der Waals surface area contributed by atoms with E-state index in [0.717, 1.165) is 37.0 Å². The minimum atomic E-state index is -0.144. The molecule has 0 fully saturated rings. The Morgan fingerprint density at radius 1 is 1.42 bits per heavy atom. The number of hydrogen-bond acceptors (Lipinski definition) is 2. The molecule has 126 valence electrons. The van der Waals surface area contributed by atoms with E-state index >= 15 is 0 Å². The molecule has 0 radical (unpaired) electrons. The predicted molar refractivity (Wildman–Crippen MR) is 98.1 cm³/mol. The number of nitrogens with zero attached hydrogens (tertiary/aromatic N) is 1. The SMILES string of the molecule is CC(C)=CCCC1(C)Oc2ccc(C#N)cc2C2C=C(C)CCC21. The van der Waals surface area contributed by atoms with Crippen LogP contribution in [0, 0.1) is 17.2 Å². The standard InChI is InChI=1S/C22H27NO/c1-15(2)6-5-11-22(4)20-9-7-16(3)12-18(20)19-13-17(14-23)8-10-21(19)24-22/h6,8,10,12-13,18,20H,5,7,9,11H2,1-4H3. The second-order valence-corrected chi connectivity index (χ2v) is 7.78. The zero-order chi connectivity index (χ0) is 17.3. The summed E-state index contributed by atoms with van der Waals surface area (Å²) in [6.45, 7) is 8.80. The van der Waals surface area contributed by atoms with E-state index in [2.05, 4.69) is 45.9 Å². The van der Waals surface area contributed by atoms with Gasteiger partial charge in [-0.25, -0.2) is 0 Å². The second kappa shape index (κ2) is 6.48. The summed E-state index contributed by atoms with van der Waals surface area (Å²) >= 11 is 0. The van der Waals surface area contributed by atoms with E-state index in [1.54, 1.807) is 0 Å². The molecule has 3 rings (SSSR count). The molecule has 1 aromatic rings. The highest BCUT2D eigenvalue weighted by Gasteiger charge is 2.46. The van der Waals surface area contributed by atoms with Gasteiger partial charge in [-0.1, -0.05) is 23.3 Å². The Morgan fingerprint density at radius 3 is 2.92 bits per heavy atom. The maximum Gasteiger partial charge on any atom is 0.124 e. The molecule has 24 heavy (non-hydrogen) atoms. The molecule has 1 heterocycles. The highest BCUT2D eigenvalue weighted by molar-refractivity contribution is 5.48. The van der Waals surface area contributed by atoms with Gasteiger partial charge in [0.2, 0.25) is 0 Å². The van der Waals surface area contributed by atoms with Gasteiger partial charge in [-0.15, -0.1) is 0 Å². The number of ether oxygens (including phenoxy) is 1. The summed E-state index contributed by atoms with van der Waals surface area (Å²) in [6, 6.07) is 8.15. The van der Waals surface area contributed by atoms with Gasteiger partial charge >= 0.3 is 0 Å². The average Bonchev–Trinajstić information content (AvgIpc) is 2.54. The monoisotopic (exact) mass is 321 g/mol. The largest absolute Gasteiger partial charge is 0.487 e. The second-order valence-electron chi connectivity index (χ2n) is 7.78. The average molecular weight is 321 g/mol. The maximum absolute atomic E-state index is 9.25. The van der Waals surface area contributed by atoms with Crippen LogP contribution in [0.4, 0.5) is 0 Å². The molecule has 1 aliphatic carbocycles. The van der Waals surface area contributed by atoms with Crippen molar-refractivity contribution in [2.45, 2.75) is 64.9 Å². The molecular weight excluding hydrogens is 294 g/mol. The normalized spacial score (nSPS) is 27.9. The van der Waals surface area contributed by atoms with Gasteiger partial charge in [0.1, 0.15) is 11.4 Å². The number of allylic oxidation sites excluding steroid dienone is 4. The van der Waals surface area contributed by atoms with Crippen molar-refractivity contribution < 1.29 is 4.74 Å². The van der Waals surface area contributed by atoms with Crippen molar-refractivity contribution in [3.05, 3.63) is 52.6 Å². The Bertz CT molecular complexity index is 733. The van der Waals surface area contributed by atoms with Gasteiger partial charge in [-0.05, 0) is 71.6 Å². The van der Waals surface area contributed by atoms with Gasteiger partial charge in [-0.3, -0.25) is 0 Å². The van der Waals surface area contributed by atoms with Crippen LogP contribution >= 0.6 is 0 Å². The van der Waals surface area contributed by atoms with Gasteiger partial charge < -0.3 is 4.74 Å². The van der Waals surface area contributed by atoms with Gasteiger partial charge in [0.15, 0.2) is 0 Å². The van der Waals surface area contributed by atoms with E-state index < -0.39 is 0 Å². The molecule has 0 saturated heterocycles. The van der Waals surface area contributed by atoms with Crippen LogP contribution < -0.4 is 4.74 Å². The van der Waals surface area contributed by atoms with E-state index in [-0.39, 0.29) is 5.60 Å². The lowest BCUT2D eigenvalue weighted by molar-refractivity contribution is -0.0114. The Labute approximate surface area is 145 Å². The van der Waals surface area contributed by atoms with Crippen LogP contribution in [-0.2, 0) is 0 Å². The summed E-state index contributed by atoms with van der Waals surface area (Å²) in [4.78, 5) is 0. The summed E-state index contributed by atoms with van der Waals surface area (Å²) in [5, 5.41) is 9.25. The molecule has 1 aromatic carbocycles. The Balaban J connectivity index is 2.00. The molecule has 3 atom stereocenters. The van der Waals surface area contributed by atoms with Gasteiger partial charge in [0.25, 0.3) is 0 Å². The van der Waals surface area contributed by atoms with Crippen LogP contribution in [-0.4, -0.2) is 5.60 Å². The van der Waals surface area contributed by atoms with Crippen LogP contribution in [0.25, 0.3) is 0 Å². The quantitative estimate of drug-likeness (QED) is 0.650. The van der Waals surface area contributed by atoms with Crippen LogP contribution in [0.3, 0.4) is 0 Å². The number of hydrogen-bond donors (Lipinski definition) is 0. The van der Waals surface area contributed by atoms with Gasteiger partial charge in [-0.2, -0.15) is 5.26 Å². The fraction of sp³-hybridized carbons (Fsp3) is 0.500. The summed E-state index contributed by atoms with van der Waals surface area (Å²) in [7, 11) is 0. The highest BCUT2D eigenvalue weighted by Crippen LogP contribution is 2.52. The lowest BCUT2D eigenvalue weighted by Gasteiger charge is -2.48. The molecule has 2 aliphatic rings. The summed E-state index contributed by atoms with van der Waals surface area (Å²) in [5.74, 6) is 1.81. The van der Waals surface area contributed by atoms with Crippen LogP contribution in [0.1, 0.15) is 70.4 Å². The first kappa shape index (κ1) is 16.8. The molecule has 0 bridgehead atoms. The fourth-order valence-corrected chi connectivity index (χ4v) is 4.24. The third-order valence-corrected chi connectivity index (χ3v) is 5.57.